The molecule has 1 aromatic heterocycles. The minimum absolute atomic E-state index is 0.0635. The monoisotopic (exact) mass is 291 g/mol. The van der Waals surface area contributed by atoms with E-state index in [0.29, 0.717) is 10.9 Å². The number of hydrogen-bond acceptors (Lipinski definition) is 5. The zero-order valence-corrected chi connectivity index (χ0v) is 11.2. The van der Waals surface area contributed by atoms with Crippen LogP contribution in [0.3, 0.4) is 0 Å². The van der Waals surface area contributed by atoms with E-state index >= 15 is 0 Å². The maximum atomic E-state index is 11.7. The molecule has 0 aliphatic heterocycles. The first-order chi connectivity index (χ1) is 10.0. The Labute approximate surface area is 119 Å². The van der Waals surface area contributed by atoms with E-state index in [0.717, 1.165) is 0 Å². The second-order valence-corrected chi connectivity index (χ2v) is 4.27. The van der Waals surface area contributed by atoms with E-state index < -0.39 is 16.8 Å². The number of hydrogen-bond donors (Lipinski definition) is 1. The Bertz CT molecular complexity index is 707. The highest BCUT2D eigenvalue weighted by atomic mass is 16.6. The SMILES string of the molecule is COC(=O)CNC(=O)Cn1cc([N+](=O)[O-])c2ccccc21. The van der Waals surface area contributed by atoms with Crippen molar-refractivity contribution in [2.75, 3.05) is 13.7 Å². The third-order valence-electron chi connectivity index (χ3n) is 2.94. The van der Waals surface area contributed by atoms with Crippen LogP contribution in [0.4, 0.5) is 5.69 Å². The number of rotatable bonds is 5. The Morgan fingerprint density at radius 3 is 2.76 bits per heavy atom. The summed E-state index contributed by atoms with van der Waals surface area (Å²) in [7, 11) is 1.22. The molecule has 8 heteroatoms. The number of ether oxygens (including phenoxy) is 1. The Kier molecular flexibility index (Phi) is 4.17. The van der Waals surface area contributed by atoms with Crippen LogP contribution in [-0.4, -0.2) is 35.0 Å². The molecule has 2 rings (SSSR count). The zero-order chi connectivity index (χ0) is 15.4. The van der Waals surface area contributed by atoms with Gasteiger partial charge < -0.3 is 14.6 Å². The highest BCUT2D eigenvalue weighted by Crippen LogP contribution is 2.27. The van der Waals surface area contributed by atoms with Gasteiger partial charge in [-0.1, -0.05) is 12.1 Å². The molecule has 1 aromatic carbocycles. The molecular weight excluding hydrogens is 278 g/mol. The second kappa shape index (κ2) is 6.04. The molecule has 2 aromatic rings. The van der Waals surface area contributed by atoms with Crippen molar-refractivity contribution in [2.24, 2.45) is 0 Å². The third kappa shape index (κ3) is 3.16. The number of esters is 1. The smallest absolute Gasteiger partial charge is 0.325 e. The number of nitro groups is 1. The first kappa shape index (κ1) is 14.5. The Morgan fingerprint density at radius 1 is 1.38 bits per heavy atom. The molecule has 1 heterocycles. The van der Waals surface area contributed by atoms with Crippen LogP contribution in [0.25, 0.3) is 10.9 Å². The van der Waals surface area contributed by atoms with Crippen molar-refractivity contribution in [1.82, 2.24) is 9.88 Å². The van der Waals surface area contributed by atoms with Crippen molar-refractivity contribution in [2.45, 2.75) is 6.54 Å². The van der Waals surface area contributed by atoms with Crippen molar-refractivity contribution in [3.8, 4) is 0 Å². The van der Waals surface area contributed by atoms with Gasteiger partial charge in [0.1, 0.15) is 13.1 Å². The van der Waals surface area contributed by atoms with Crippen molar-refractivity contribution >= 4 is 28.5 Å². The van der Waals surface area contributed by atoms with E-state index in [2.05, 4.69) is 10.1 Å². The number of nitrogens with zero attached hydrogens (tertiary/aromatic N) is 2. The summed E-state index contributed by atoms with van der Waals surface area (Å²) in [6.45, 7) is -0.359. The van der Waals surface area contributed by atoms with E-state index in [1.54, 1.807) is 24.3 Å². The van der Waals surface area contributed by atoms with Crippen LogP contribution in [0.5, 0.6) is 0 Å². The number of carbonyl (C=O) groups excluding carboxylic acids is 2. The summed E-state index contributed by atoms with van der Waals surface area (Å²) in [5.41, 5.74) is 0.517. The van der Waals surface area contributed by atoms with Crippen LogP contribution >= 0.6 is 0 Å². The summed E-state index contributed by atoms with van der Waals surface area (Å²) in [5.74, 6) is -0.997. The maximum Gasteiger partial charge on any atom is 0.325 e. The lowest BCUT2D eigenvalue weighted by molar-refractivity contribution is -0.383. The highest BCUT2D eigenvalue weighted by Gasteiger charge is 2.18. The number of fused-ring (bicyclic) bond motifs is 1. The van der Waals surface area contributed by atoms with Gasteiger partial charge in [0.25, 0.3) is 5.69 Å². The first-order valence-electron chi connectivity index (χ1n) is 6.08. The van der Waals surface area contributed by atoms with E-state index in [9.17, 15) is 19.7 Å². The maximum absolute atomic E-state index is 11.7. The van der Waals surface area contributed by atoms with Gasteiger partial charge in [0, 0.05) is 0 Å². The minimum Gasteiger partial charge on any atom is -0.468 e. The average Bonchev–Trinajstić information content (AvgIpc) is 2.84. The standard InChI is InChI=1S/C13H13N3O5/c1-21-13(18)6-14-12(17)8-15-7-11(16(19)20)9-4-2-3-5-10(9)15/h2-5,7H,6,8H2,1H3,(H,14,17). The fraction of sp³-hybridized carbons (Fsp3) is 0.231. The fourth-order valence-electron chi connectivity index (χ4n) is 1.96. The summed E-state index contributed by atoms with van der Waals surface area (Å²) >= 11 is 0. The molecular formula is C13H13N3O5. The van der Waals surface area contributed by atoms with Crippen LogP contribution in [0.1, 0.15) is 0 Å². The van der Waals surface area contributed by atoms with E-state index in [1.807, 2.05) is 0 Å². The van der Waals surface area contributed by atoms with Gasteiger partial charge >= 0.3 is 5.97 Å². The van der Waals surface area contributed by atoms with E-state index in [4.69, 9.17) is 0 Å². The van der Waals surface area contributed by atoms with Gasteiger partial charge in [-0.25, -0.2) is 0 Å². The molecule has 0 fully saturated rings. The molecule has 0 aliphatic carbocycles. The molecule has 1 N–H and O–H groups in total. The lowest BCUT2D eigenvalue weighted by Crippen LogP contribution is -2.32. The van der Waals surface area contributed by atoms with Crippen molar-refractivity contribution in [3.05, 3.63) is 40.6 Å². The topological polar surface area (TPSA) is 103 Å². The van der Waals surface area contributed by atoms with Crippen LogP contribution < -0.4 is 5.32 Å². The second-order valence-electron chi connectivity index (χ2n) is 4.27. The van der Waals surface area contributed by atoms with Crippen molar-refractivity contribution < 1.29 is 19.2 Å². The van der Waals surface area contributed by atoms with Crippen LogP contribution in [0.15, 0.2) is 30.5 Å². The molecule has 0 radical (unpaired) electrons. The zero-order valence-electron chi connectivity index (χ0n) is 11.2. The van der Waals surface area contributed by atoms with E-state index in [-0.39, 0.29) is 18.8 Å². The van der Waals surface area contributed by atoms with Gasteiger partial charge in [-0.05, 0) is 12.1 Å². The van der Waals surface area contributed by atoms with Gasteiger partial charge in [-0.3, -0.25) is 19.7 Å². The normalized spacial score (nSPS) is 10.3. The van der Waals surface area contributed by atoms with Gasteiger partial charge in [-0.2, -0.15) is 0 Å². The van der Waals surface area contributed by atoms with Crippen molar-refractivity contribution in [1.29, 1.82) is 0 Å². The van der Waals surface area contributed by atoms with Crippen LogP contribution in [0, 0.1) is 10.1 Å². The van der Waals surface area contributed by atoms with Gasteiger partial charge in [-0.15, -0.1) is 0 Å². The van der Waals surface area contributed by atoms with Crippen molar-refractivity contribution in [3.63, 3.8) is 0 Å². The number of aromatic nitrogens is 1. The quantitative estimate of drug-likeness (QED) is 0.499. The average molecular weight is 291 g/mol. The number of benzene rings is 1. The fourth-order valence-corrected chi connectivity index (χ4v) is 1.96. The molecule has 0 aliphatic rings. The molecule has 110 valence electrons. The molecule has 1 amide bonds. The number of methoxy groups -OCH3 is 1. The highest BCUT2D eigenvalue weighted by molar-refractivity contribution is 5.91. The summed E-state index contributed by atoms with van der Waals surface area (Å²) < 4.78 is 5.88. The lowest BCUT2D eigenvalue weighted by atomic mass is 10.2. The summed E-state index contributed by atoms with van der Waals surface area (Å²) in [6.07, 6.45) is 1.31. The van der Waals surface area contributed by atoms with Gasteiger partial charge in [0.05, 0.1) is 29.1 Å². The third-order valence-corrected chi connectivity index (χ3v) is 2.94. The predicted octanol–water partition coefficient (Wildman–Crippen LogP) is 0.839. The number of amides is 1. The summed E-state index contributed by atoms with van der Waals surface area (Å²) in [6, 6.07) is 6.73. The van der Waals surface area contributed by atoms with Gasteiger partial charge in [0.2, 0.25) is 5.91 Å². The largest absolute Gasteiger partial charge is 0.468 e. The molecule has 21 heavy (non-hydrogen) atoms. The first-order valence-corrected chi connectivity index (χ1v) is 6.08. The van der Waals surface area contributed by atoms with Gasteiger partial charge in [0.15, 0.2) is 0 Å². The molecule has 8 nitrogen and oxygen atoms in total. The Morgan fingerprint density at radius 2 is 2.10 bits per heavy atom. The Balaban J connectivity index is 2.20. The van der Waals surface area contributed by atoms with Crippen LogP contribution in [-0.2, 0) is 20.9 Å². The molecule has 0 saturated carbocycles. The minimum atomic E-state index is -0.563. The molecule has 0 bridgehead atoms. The predicted molar refractivity (Wildman–Crippen MR) is 73.6 cm³/mol. The Hall–Kier alpha value is -2.90. The lowest BCUT2D eigenvalue weighted by Gasteiger charge is -2.05. The number of nitrogens with one attached hydrogen (secondary N) is 1. The summed E-state index contributed by atoms with van der Waals surface area (Å²) in [4.78, 5) is 33.2. The molecule has 0 atom stereocenters. The molecule has 0 spiro atoms. The molecule has 0 unspecified atom stereocenters. The number of carbonyl (C=O) groups is 2. The summed E-state index contributed by atoms with van der Waals surface area (Å²) in [5, 5.41) is 13.8. The van der Waals surface area contributed by atoms with Crippen LogP contribution in [0.2, 0.25) is 0 Å². The number of para-hydroxylation sites is 1. The molecule has 0 saturated heterocycles. The van der Waals surface area contributed by atoms with E-state index in [1.165, 1.54) is 17.9 Å².